The van der Waals surface area contributed by atoms with Gasteiger partial charge >= 0.3 is 0 Å². The molecule has 3 aromatic rings. The fourth-order valence-electron chi connectivity index (χ4n) is 5.35. The third kappa shape index (κ3) is 3.10. The predicted molar refractivity (Wildman–Crippen MR) is 110 cm³/mol. The Morgan fingerprint density at radius 1 is 1.15 bits per heavy atom. The van der Waals surface area contributed by atoms with Crippen LogP contribution in [0, 0.1) is 0 Å². The highest BCUT2D eigenvalue weighted by atomic mass is 15.1. The van der Waals surface area contributed by atoms with Crippen molar-refractivity contribution < 1.29 is 0 Å². The van der Waals surface area contributed by atoms with E-state index in [-0.39, 0.29) is 0 Å². The van der Waals surface area contributed by atoms with Crippen LogP contribution in [-0.4, -0.2) is 32.8 Å². The lowest BCUT2D eigenvalue weighted by Crippen LogP contribution is -2.34. The van der Waals surface area contributed by atoms with Crippen molar-refractivity contribution >= 4 is 10.9 Å². The molecule has 0 radical (unpaired) electrons. The largest absolute Gasteiger partial charge is 0.345 e. The average Bonchev–Trinajstić information content (AvgIpc) is 3.34. The molecule has 5 rings (SSSR count). The Morgan fingerprint density at radius 2 is 2.07 bits per heavy atom. The van der Waals surface area contributed by atoms with Gasteiger partial charge in [-0.15, -0.1) is 0 Å². The third-order valence-electron chi connectivity index (χ3n) is 6.63. The van der Waals surface area contributed by atoms with Gasteiger partial charge in [0, 0.05) is 54.0 Å². The highest BCUT2D eigenvalue weighted by molar-refractivity contribution is 5.86. The molecule has 1 aliphatic carbocycles. The molecule has 0 amide bonds. The second-order valence-electron chi connectivity index (χ2n) is 8.31. The normalized spacial score (nSPS) is 20.9. The zero-order valence-electron chi connectivity index (χ0n) is 16.4. The quantitative estimate of drug-likeness (QED) is 0.734. The van der Waals surface area contributed by atoms with E-state index in [9.17, 15) is 0 Å². The Bertz CT molecular complexity index is 922. The molecule has 3 heterocycles. The summed E-state index contributed by atoms with van der Waals surface area (Å²) >= 11 is 0. The summed E-state index contributed by atoms with van der Waals surface area (Å²) in [4.78, 5) is 2.62. The van der Waals surface area contributed by atoms with E-state index in [1.807, 2.05) is 6.20 Å². The van der Waals surface area contributed by atoms with Gasteiger partial charge in [0.25, 0.3) is 0 Å². The van der Waals surface area contributed by atoms with E-state index < -0.39 is 0 Å². The molecule has 1 aromatic carbocycles. The molecule has 4 nitrogen and oxygen atoms in total. The maximum atomic E-state index is 4.15. The van der Waals surface area contributed by atoms with Crippen molar-refractivity contribution in [1.29, 1.82) is 0 Å². The summed E-state index contributed by atoms with van der Waals surface area (Å²) in [6.07, 6.45) is 9.62. The van der Waals surface area contributed by atoms with Crippen molar-refractivity contribution in [3.8, 4) is 0 Å². The maximum Gasteiger partial charge on any atom is 0.0490 e. The third-order valence-corrected chi connectivity index (χ3v) is 6.63. The molecular formula is C23H30N4. The van der Waals surface area contributed by atoms with E-state index in [1.54, 1.807) is 11.3 Å². The van der Waals surface area contributed by atoms with Crippen molar-refractivity contribution in [2.45, 2.75) is 64.5 Å². The van der Waals surface area contributed by atoms with Crippen molar-refractivity contribution in [3.05, 3.63) is 53.0 Å². The highest BCUT2D eigenvalue weighted by Gasteiger charge is 2.23. The second-order valence-corrected chi connectivity index (χ2v) is 8.31. The molecule has 1 aliphatic heterocycles. The fraction of sp³-hybridized carbons (Fsp3) is 0.522. The molecular weight excluding hydrogens is 332 g/mol. The van der Waals surface area contributed by atoms with E-state index in [0.29, 0.717) is 5.92 Å². The first kappa shape index (κ1) is 17.1. The van der Waals surface area contributed by atoms with Crippen LogP contribution in [0.3, 0.4) is 0 Å². The standard InChI is InChI=1S/C23H30N4/c1-2-27-22-8-4-3-7-19(22)20-14-17(9-10-23(20)27)15-26-13-5-6-18(16-26)21-11-12-24-25-21/h9-12,14,18H,2-8,13,15-16H2,1H3,(H,24,25). The SMILES string of the molecule is CCn1c2c(c3cc(CN4CCCC(c5ccn[nH]5)C4)ccc31)CCCC2. The van der Waals surface area contributed by atoms with Crippen LogP contribution in [0.2, 0.25) is 0 Å². The zero-order valence-corrected chi connectivity index (χ0v) is 16.4. The zero-order chi connectivity index (χ0) is 18.2. The minimum absolute atomic E-state index is 0.596. The number of rotatable bonds is 4. The van der Waals surface area contributed by atoms with Gasteiger partial charge in [-0.3, -0.25) is 10.00 Å². The minimum Gasteiger partial charge on any atom is -0.345 e. The molecule has 1 atom stereocenters. The lowest BCUT2D eigenvalue weighted by atomic mass is 9.94. The Balaban J connectivity index is 1.40. The van der Waals surface area contributed by atoms with Crippen molar-refractivity contribution in [3.63, 3.8) is 0 Å². The van der Waals surface area contributed by atoms with Crippen molar-refractivity contribution in [1.82, 2.24) is 19.7 Å². The lowest BCUT2D eigenvalue weighted by Gasteiger charge is -2.32. The Labute approximate surface area is 161 Å². The number of aromatic nitrogens is 3. The molecule has 27 heavy (non-hydrogen) atoms. The number of hydrogen-bond acceptors (Lipinski definition) is 2. The van der Waals surface area contributed by atoms with Crippen molar-refractivity contribution in [2.24, 2.45) is 0 Å². The molecule has 0 spiro atoms. The van der Waals surface area contributed by atoms with Crippen LogP contribution < -0.4 is 0 Å². The second kappa shape index (κ2) is 7.16. The van der Waals surface area contributed by atoms with E-state index in [4.69, 9.17) is 0 Å². The first-order chi connectivity index (χ1) is 13.3. The highest BCUT2D eigenvalue weighted by Crippen LogP contribution is 2.33. The lowest BCUT2D eigenvalue weighted by molar-refractivity contribution is 0.198. The van der Waals surface area contributed by atoms with Crippen LogP contribution in [0.1, 0.15) is 61.0 Å². The summed E-state index contributed by atoms with van der Waals surface area (Å²) < 4.78 is 2.56. The van der Waals surface area contributed by atoms with Gasteiger partial charge in [-0.2, -0.15) is 5.10 Å². The number of piperidine rings is 1. The number of H-pyrrole nitrogens is 1. The molecule has 1 unspecified atom stereocenters. The summed E-state index contributed by atoms with van der Waals surface area (Å²) in [5.41, 5.74) is 7.45. The van der Waals surface area contributed by atoms with Crippen LogP contribution >= 0.6 is 0 Å². The van der Waals surface area contributed by atoms with Gasteiger partial charge in [-0.1, -0.05) is 6.07 Å². The predicted octanol–water partition coefficient (Wildman–Crippen LogP) is 4.64. The van der Waals surface area contributed by atoms with Gasteiger partial charge in [0.05, 0.1) is 0 Å². The Hall–Kier alpha value is -2.07. The number of fused-ring (bicyclic) bond motifs is 3. The van der Waals surface area contributed by atoms with Crippen LogP contribution in [0.25, 0.3) is 10.9 Å². The van der Waals surface area contributed by atoms with E-state index in [0.717, 1.165) is 19.6 Å². The number of likely N-dealkylation sites (tertiary alicyclic amines) is 1. The molecule has 2 aromatic heterocycles. The number of hydrogen-bond donors (Lipinski definition) is 1. The molecule has 1 saturated heterocycles. The first-order valence-electron chi connectivity index (χ1n) is 10.7. The van der Waals surface area contributed by atoms with Crippen LogP contribution in [0.5, 0.6) is 0 Å². The number of nitrogens with one attached hydrogen (secondary N) is 1. The monoisotopic (exact) mass is 362 g/mol. The number of nitrogens with zero attached hydrogens (tertiary/aromatic N) is 3. The van der Waals surface area contributed by atoms with Crippen LogP contribution in [0.4, 0.5) is 0 Å². The topological polar surface area (TPSA) is 36.9 Å². The Kier molecular flexibility index (Phi) is 4.52. The summed E-state index contributed by atoms with van der Waals surface area (Å²) in [5, 5.41) is 8.84. The summed E-state index contributed by atoms with van der Waals surface area (Å²) in [6, 6.07) is 9.37. The Morgan fingerprint density at radius 3 is 2.93 bits per heavy atom. The molecule has 0 bridgehead atoms. The molecule has 4 heteroatoms. The number of aryl methyl sites for hydroxylation is 2. The number of aromatic amines is 1. The van der Waals surface area contributed by atoms with E-state index in [1.165, 1.54) is 67.2 Å². The number of benzene rings is 1. The van der Waals surface area contributed by atoms with Crippen molar-refractivity contribution in [2.75, 3.05) is 13.1 Å². The molecule has 0 saturated carbocycles. The smallest absolute Gasteiger partial charge is 0.0490 e. The van der Waals surface area contributed by atoms with E-state index in [2.05, 4.69) is 50.9 Å². The van der Waals surface area contributed by atoms with Gasteiger partial charge in [-0.25, -0.2) is 0 Å². The van der Waals surface area contributed by atoms with Gasteiger partial charge < -0.3 is 4.57 Å². The maximum absolute atomic E-state index is 4.15. The van der Waals surface area contributed by atoms with Crippen LogP contribution in [-0.2, 0) is 25.9 Å². The van der Waals surface area contributed by atoms with Gasteiger partial charge in [0.1, 0.15) is 0 Å². The minimum atomic E-state index is 0.596. The molecule has 1 N–H and O–H groups in total. The van der Waals surface area contributed by atoms with Gasteiger partial charge in [0.15, 0.2) is 0 Å². The van der Waals surface area contributed by atoms with E-state index >= 15 is 0 Å². The summed E-state index contributed by atoms with van der Waals surface area (Å²) in [6.45, 7) is 6.77. The van der Waals surface area contributed by atoms with Gasteiger partial charge in [0.2, 0.25) is 0 Å². The summed E-state index contributed by atoms with van der Waals surface area (Å²) in [7, 11) is 0. The molecule has 142 valence electrons. The summed E-state index contributed by atoms with van der Waals surface area (Å²) in [5.74, 6) is 0.596. The molecule has 1 fully saturated rings. The van der Waals surface area contributed by atoms with Crippen LogP contribution in [0.15, 0.2) is 30.5 Å². The first-order valence-corrected chi connectivity index (χ1v) is 10.7. The van der Waals surface area contributed by atoms with Gasteiger partial charge in [-0.05, 0) is 81.3 Å². The fourth-order valence-corrected chi connectivity index (χ4v) is 5.35. The average molecular weight is 363 g/mol. The molecule has 2 aliphatic rings.